The van der Waals surface area contributed by atoms with Gasteiger partial charge >= 0.3 is 0 Å². The highest BCUT2D eigenvalue weighted by Gasteiger charge is 2.42. The quantitative estimate of drug-likeness (QED) is 0.937. The number of carbonyl (C=O) groups excluding carboxylic acids is 1. The van der Waals surface area contributed by atoms with Crippen LogP contribution in [0.5, 0.6) is 0 Å². The third-order valence-electron chi connectivity index (χ3n) is 3.49. The number of likely N-dealkylation sites (N-methyl/N-ethyl adjacent to an activating group) is 1. The summed E-state index contributed by atoms with van der Waals surface area (Å²) in [5, 5.41) is 2.80. The number of sulfonamides is 1. The van der Waals surface area contributed by atoms with Crippen molar-refractivity contribution in [1.29, 1.82) is 0 Å². The van der Waals surface area contributed by atoms with Gasteiger partial charge in [-0.05, 0) is 29.8 Å². The molecular formula is C16H13FN2O3S. The second-order valence-corrected chi connectivity index (χ2v) is 6.89. The van der Waals surface area contributed by atoms with Crippen LogP contribution >= 0.6 is 0 Å². The molecule has 1 amide bonds. The van der Waals surface area contributed by atoms with E-state index in [-0.39, 0.29) is 10.6 Å². The van der Waals surface area contributed by atoms with E-state index >= 15 is 0 Å². The van der Waals surface area contributed by atoms with Crippen LogP contribution in [0.4, 0.5) is 10.1 Å². The van der Waals surface area contributed by atoms with Gasteiger partial charge in [-0.25, -0.2) is 17.1 Å². The van der Waals surface area contributed by atoms with E-state index in [1.54, 1.807) is 30.3 Å². The van der Waals surface area contributed by atoms with Gasteiger partial charge in [-0.15, -0.1) is 0 Å². The lowest BCUT2D eigenvalue weighted by Crippen LogP contribution is -2.27. The van der Waals surface area contributed by atoms with Crippen molar-refractivity contribution in [3.05, 3.63) is 71.7 Å². The number of amides is 1. The van der Waals surface area contributed by atoms with E-state index in [2.05, 4.69) is 5.32 Å². The van der Waals surface area contributed by atoms with Crippen LogP contribution in [0.1, 0.15) is 5.56 Å². The molecule has 0 aromatic heterocycles. The van der Waals surface area contributed by atoms with Crippen LogP contribution in [0.3, 0.4) is 0 Å². The SMILES string of the molecule is CN1C(=O)C(Nc2ccc(F)cc2)=C(c2ccccc2)S1(=O)=O. The molecule has 1 heterocycles. The molecule has 0 unspecified atom stereocenters. The summed E-state index contributed by atoms with van der Waals surface area (Å²) < 4.78 is 38.7. The number of nitrogens with zero attached hydrogens (tertiary/aromatic N) is 1. The van der Waals surface area contributed by atoms with Crippen LogP contribution in [0.2, 0.25) is 0 Å². The minimum atomic E-state index is -3.92. The molecule has 0 atom stereocenters. The van der Waals surface area contributed by atoms with Crippen molar-refractivity contribution in [1.82, 2.24) is 4.31 Å². The Bertz CT molecular complexity index is 891. The molecule has 3 rings (SSSR count). The molecule has 1 aliphatic rings. The molecule has 0 spiro atoms. The summed E-state index contributed by atoms with van der Waals surface area (Å²) in [7, 11) is -2.71. The van der Waals surface area contributed by atoms with Gasteiger partial charge in [-0.3, -0.25) is 4.79 Å². The average Bonchev–Trinajstić information content (AvgIpc) is 2.71. The number of nitrogens with one attached hydrogen (secondary N) is 1. The molecule has 0 aliphatic carbocycles. The minimum Gasteiger partial charge on any atom is -0.350 e. The Morgan fingerprint density at radius 1 is 1.00 bits per heavy atom. The van der Waals surface area contributed by atoms with Gasteiger partial charge in [0.25, 0.3) is 15.9 Å². The smallest absolute Gasteiger partial charge is 0.285 e. The van der Waals surface area contributed by atoms with Crippen molar-refractivity contribution in [2.24, 2.45) is 0 Å². The number of rotatable bonds is 3. The maximum atomic E-state index is 13.0. The maximum absolute atomic E-state index is 13.0. The zero-order valence-corrected chi connectivity index (χ0v) is 13.0. The molecule has 0 saturated heterocycles. The predicted molar refractivity (Wildman–Crippen MR) is 85.1 cm³/mol. The number of halogens is 1. The Morgan fingerprint density at radius 3 is 2.22 bits per heavy atom. The highest BCUT2D eigenvalue weighted by molar-refractivity contribution is 7.99. The summed E-state index contributed by atoms with van der Waals surface area (Å²) in [4.78, 5) is 12.2. The number of hydrogen-bond donors (Lipinski definition) is 1. The lowest BCUT2D eigenvalue weighted by atomic mass is 10.1. The van der Waals surface area contributed by atoms with E-state index in [0.29, 0.717) is 15.6 Å². The highest BCUT2D eigenvalue weighted by Crippen LogP contribution is 2.35. The first-order valence-corrected chi connectivity index (χ1v) is 8.21. The van der Waals surface area contributed by atoms with Gasteiger partial charge in [-0.2, -0.15) is 0 Å². The van der Waals surface area contributed by atoms with Crippen LogP contribution in [-0.2, 0) is 14.8 Å². The van der Waals surface area contributed by atoms with Crippen molar-refractivity contribution in [2.75, 3.05) is 12.4 Å². The molecular weight excluding hydrogens is 319 g/mol. The number of hydrogen-bond acceptors (Lipinski definition) is 4. The van der Waals surface area contributed by atoms with Crippen molar-refractivity contribution in [2.45, 2.75) is 0 Å². The van der Waals surface area contributed by atoms with E-state index in [9.17, 15) is 17.6 Å². The van der Waals surface area contributed by atoms with Gasteiger partial charge < -0.3 is 5.32 Å². The van der Waals surface area contributed by atoms with E-state index in [1.165, 1.54) is 31.3 Å². The third kappa shape index (κ3) is 2.59. The van der Waals surface area contributed by atoms with Gasteiger partial charge in [-0.1, -0.05) is 30.3 Å². The average molecular weight is 332 g/mol. The van der Waals surface area contributed by atoms with Crippen molar-refractivity contribution in [3.63, 3.8) is 0 Å². The van der Waals surface area contributed by atoms with E-state index < -0.39 is 21.7 Å². The molecule has 0 fully saturated rings. The molecule has 7 heteroatoms. The molecule has 23 heavy (non-hydrogen) atoms. The molecule has 0 saturated carbocycles. The largest absolute Gasteiger partial charge is 0.350 e. The predicted octanol–water partition coefficient (Wildman–Crippen LogP) is 2.41. The molecule has 2 aromatic carbocycles. The standard InChI is InChI=1S/C16H13FN2O3S/c1-19-16(20)14(18-13-9-7-12(17)8-10-13)15(23(19,21)22)11-5-3-2-4-6-11/h2-10,18H,1H3. The van der Waals surface area contributed by atoms with E-state index in [1.807, 2.05) is 0 Å². The summed E-state index contributed by atoms with van der Waals surface area (Å²) in [6.07, 6.45) is 0. The highest BCUT2D eigenvalue weighted by atomic mass is 32.2. The zero-order chi connectivity index (χ0) is 16.6. The van der Waals surface area contributed by atoms with Gasteiger partial charge in [0.05, 0.1) is 0 Å². The van der Waals surface area contributed by atoms with E-state index in [0.717, 1.165) is 0 Å². The summed E-state index contributed by atoms with van der Waals surface area (Å²) in [6.45, 7) is 0. The second kappa shape index (κ2) is 5.51. The molecule has 2 aromatic rings. The molecule has 118 valence electrons. The van der Waals surface area contributed by atoms with Crippen molar-refractivity contribution < 1.29 is 17.6 Å². The molecule has 0 bridgehead atoms. The Balaban J connectivity index is 2.15. The first-order valence-electron chi connectivity index (χ1n) is 6.77. The van der Waals surface area contributed by atoms with Gasteiger partial charge in [0, 0.05) is 12.7 Å². The van der Waals surface area contributed by atoms with Crippen LogP contribution in [0.25, 0.3) is 4.91 Å². The fourth-order valence-electron chi connectivity index (χ4n) is 2.30. The zero-order valence-electron chi connectivity index (χ0n) is 12.2. The Morgan fingerprint density at radius 2 is 1.61 bits per heavy atom. The number of carbonyl (C=O) groups is 1. The summed E-state index contributed by atoms with van der Waals surface area (Å²) >= 11 is 0. The summed E-state index contributed by atoms with van der Waals surface area (Å²) in [5.41, 5.74) is 0.786. The number of anilines is 1. The normalized spacial score (nSPS) is 16.8. The lowest BCUT2D eigenvalue weighted by molar-refractivity contribution is -0.121. The van der Waals surface area contributed by atoms with Crippen LogP contribution in [0, 0.1) is 5.82 Å². The fraction of sp³-hybridized carbons (Fsp3) is 0.0625. The summed E-state index contributed by atoms with van der Waals surface area (Å²) in [6, 6.07) is 13.7. The summed E-state index contributed by atoms with van der Waals surface area (Å²) in [5.74, 6) is -1.08. The van der Waals surface area contributed by atoms with Gasteiger partial charge in [0.15, 0.2) is 0 Å². The molecule has 5 nitrogen and oxygen atoms in total. The van der Waals surface area contributed by atoms with Crippen molar-refractivity contribution >= 4 is 26.5 Å². The van der Waals surface area contributed by atoms with Gasteiger partial charge in [0.2, 0.25) is 0 Å². The van der Waals surface area contributed by atoms with Crippen LogP contribution in [-0.4, -0.2) is 25.7 Å². The van der Waals surface area contributed by atoms with Crippen LogP contribution < -0.4 is 5.32 Å². The molecule has 1 aliphatic heterocycles. The fourth-order valence-corrected chi connectivity index (χ4v) is 3.71. The third-order valence-corrected chi connectivity index (χ3v) is 5.34. The first-order chi connectivity index (χ1) is 10.9. The van der Waals surface area contributed by atoms with Gasteiger partial charge in [0.1, 0.15) is 16.4 Å². The number of benzene rings is 2. The Labute approximate surface area is 133 Å². The maximum Gasteiger partial charge on any atom is 0.285 e. The van der Waals surface area contributed by atoms with Crippen LogP contribution in [0.15, 0.2) is 60.3 Å². The topological polar surface area (TPSA) is 66.5 Å². The van der Waals surface area contributed by atoms with E-state index in [4.69, 9.17) is 0 Å². The second-order valence-electron chi connectivity index (χ2n) is 4.98. The molecule has 0 radical (unpaired) electrons. The lowest BCUT2D eigenvalue weighted by Gasteiger charge is -2.09. The first kappa shape index (κ1) is 15.2. The minimum absolute atomic E-state index is 0.0506. The Hall–Kier alpha value is -2.67. The monoisotopic (exact) mass is 332 g/mol. The molecule has 1 N–H and O–H groups in total. The Kier molecular flexibility index (Phi) is 3.65. The van der Waals surface area contributed by atoms with Crippen molar-refractivity contribution in [3.8, 4) is 0 Å².